The molecule has 0 saturated carbocycles. The number of fused-ring (bicyclic) bond motifs is 1. The fraction of sp³-hybridized carbons (Fsp3) is 0.222. The lowest BCUT2D eigenvalue weighted by molar-refractivity contribution is 0.0513. The Bertz CT molecular complexity index is 767. The third kappa shape index (κ3) is 2.41. The number of benzene rings is 2. The number of carbonyl (C=O) groups excluding carboxylic acids is 2. The Balaban J connectivity index is 2.02. The number of carbonyl (C=O) groups is 2. The first-order valence-corrected chi connectivity index (χ1v) is 7.42. The van der Waals surface area contributed by atoms with Crippen molar-refractivity contribution in [3.63, 3.8) is 0 Å². The maximum Gasteiger partial charge on any atom is 0.262 e. The van der Waals surface area contributed by atoms with Gasteiger partial charge in [-0.15, -0.1) is 0 Å². The lowest BCUT2D eigenvalue weighted by Crippen LogP contribution is -2.36. The molecule has 0 aromatic heterocycles. The zero-order valence-corrected chi connectivity index (χ0v) is 13.4. The number of hydrogen-bond donors (Lipinski definition) is 1. The average Bonchev–Trinajstić information content (AvgIpc) is 2.88. The number of aliphatic hydroxyl groups is 1. The van der Waals surface area contributed by atoms with Crippen molar-refractivity contribution < 1.29 is 24.2 Å². The maximum absolute atomic E-state index is 12.6. The van der Waals surface area contributed by atoms with Gasteiger partial charge in [-0.1, -0.05) is 18.2 Å². The van der Waals surface area contributed by atoms with Crippen molar-refractivity contribution in [3.8, 4) is 11.5 Å². The molecule has 3 rings (SSSR count). The van der Waals surface area contributed by atoms with Crippen molar-refractivity contribution in [2.24, 2.45) is 0 Å². The summed E-state index contributed by atoms with van der Waals surface area (Å²) < 4.78 is 10.4. The van der Waals surface area contributed by atoms with E-state index in [-0.39, 0.29) is 6.61 Å². The molecule has 24 heavy (non-hydrogen) atoms. The van der Waals surface area contributed by atoms with E-state index in [9.17, 15) is 14.7 Å². The van der Waals surface area contributed by atoms with Gasteiger partial charge < -0.3 is 14.6 Å². The van der Waals surface area contributed by atoms with E-state index >= 15 is 0 Å². The SMILES string of the molecule is COc1ccc(C(CO)N2C(=O)c3ccccc3C2=O)cc1OC. The monoisotopic (exact) mass is 327 g/mol. The molecule has 0 radical (unpaired) electrons. The van der Waals surface area contributed by atoms with Crippen LogP contribution >= 0.6 is 0 Å². The molecule has 1 atom stereocenters. The summed E-state index contributed by atoms with van der Waals surface area (Å²) >= 11 is 0. The Morgan fingerprint density at radius 1 is 0.958 bits per heavy atom. The molecule has 1 unspecified atom stereocenters. The third-order valence-electron chi connectivity index (χ3n) is 4.10. The third-order valence-corrected chi connectivity index (χ3v) is 4.10. The Hall–Kier alpha value is -2.86. The summed E-state index contributed by atoms with van der Waals surface area (Å²) in [6.45, 7) is -0.388. The number of hydrogen-bond acceptors (Lipinski definition) is 5. The summed E-state index contributed by atoms with van der Waals surface area (Å²) in [4.78, 5) is 26.3. The number of ether oxygens (including phenoxy) is 2. The first-order valence-electron chi connectivity index (χ1n) is 7.42. The molecule has 1 aliphatic rings. The van der Waals surface area contributed by atoms with E-state index in [1.165, 1.54) is 14.2 Å². The maximum atomic E-state index is 12.6. The molecule has 6 heteroatoms. The van der Waals surface area contributed by atoms with Crippen LogP contribution in [0, 0.1) is 0 Å². The fourth-order valence-corrected chi connectivity index (χ4v) is 2.89. The average molecular weight is 327 g/mol. The largest absolute Gasteiger partial charge is 0.493 e. The molecule has 6 nitrogen and oxygen atoms in total. The first kappa shape index (κ1) is 16.0. The highest BCUT2D eigenvalue weighted by Gasteiger charge is 2.40. The highest BCUT2D eigenvalue weighted by atomic mass is 16.5. The quantitative estimate of drug-likeness (QED) is 0.851. The van der Waals surface area contributed by atoms with Crippen molar-refractivity contribution in [2.45, 2.75) is 6.04 Å². The van der Waals surface area contributed by atoms with Crippen LogP contribution in [0.2, 0.25) is 0 Å². The van der Waals surface area contributed by atoms with Crippen molar-refractivity contribution in [2.75, 3.05) is 20.8 Å². The molecule has 1 heterocycles. The molecule has 0 spiro atoms. The first-order chi connectivity index (χ1) is 11.6. The van der Waals surface area contributed by atoms with Crippen molar-refractivity contribution >= 4 is 11.8 Å². The standard InChI is InChI=1S/C18H17NO5/c1-23-15-8-7-11(9-16(15)24-2)14(10-20)19-17(21)12-5-3-4-6-13(12)18(19)22/h3-9,14,20H,10H2,1-2H3. The molecular weight excluding hydrogens is 310 g/mol. The van der Waals surface area contributed by atoms with E-state index in [4.69, 9.17) is 9.47 Å². The van der Waals surface area contributed by atoms with Gasteiger partial charge in [0.2, 0.25) is 0 Å². The van der Waals surface area contributed by atoms with Crippen LogP contribution in [0.4, 0.5) is 0 Å². The van der Waals surface area contributed by atoms with Crippen molar-refractivity contribution in [3.05, 3.63) is 59.2 Å². The molecular formula is C18H17NO5. The second kappa shape index (κ2) is 6.33. The summed E-state index contributed by atoms with van der Waals surface area (Å²) in [7, 11) is 3.02. The topological polar surface area (TPSA) is 76.1 Å². The zero-order valence-electron chi connectivity index (χ0n) is 13.4. The van der Waals surface area contributed by atoms with Gasteiger partial charge in [0.1, 0.15) is 0 Å². The Morgan fingerprint density at radius 3 is 2.04 bits per heavy atom. The molecule has 0 saturated heterocycles. The van der Waals surface area contributed by atoms with Crippen LogP contribution in [0.15, 0.2) is 42.5 Å². The minimum absolute atomic E-state index is 0.349. The summed E-state index contributed by atoms with van der Waals surface area (Å²) in [6, 6.07) is 10.9. The van der Waals surface area contributed by atoms with Gasteiger partial charge in [-0.2, -0.15) is 0 Å². The molecule has 124 valence electrons. The molecule has 1 aliphatic heterocycles. The second-order valence-corrected chi connectivity index (χ2v) is 5.34. The van der Waals surface area contributed by atoms with Crippen LogP contribution in [-0.4, -0.2) is 42.6 Å². The molecule has 1 N–H and O–H groups in total. The number of imide groups is 1. The van der Waals surface area contributed by atoms with Crippen LogP contribution in [0.3, 0.4) is 0 Å². The van der Waals surface area contributed by atoms with Crippen LogP contribution in [0.5, 0.6) is 11.5 Å². The van der Waals surface area contributed by atoms with Crippen molar-refractivity contribution in [1.82, 2.24) is 4.90 Å². The predicted molar refractivity (Wildman–Crippen MR) is 86.3 cm³/mol. The van der Waals surface area contributed by atoms with Gasteiger partial charge >= 0.3 is 0 Å². The highest BCUT2D eigenvalue weighted by Crippen LogP contribution is 2.35. The van der Waals surface area contributed by atoms with Crippen LogP contribution in [-0.2, 0) is 0 Å². The van der Waals surface area contributed by atoms with Gasteiger partial charge in [-0.25, -0.2) is 0 Å². The summed E-state index contributed by atoms with van der Waals surface area (Å²) in [5.74, 6) is 0.166. The molecule has 2 aromatic carbocycles. The van der Waals surface area contributed by atoms with E-state index < -0.39 is 17.9 Å². The lowest BCUT2D eigenvalue weighted by atomic mass is 10.1. The Labute approximate surface area is 139 Å². The van der Waals surface area contributed by atoms with Crippen molar-refractivity contribution in [1.29, 1.82) is 0 Å². The summed E-state index contributed by atoms with van der Waals surface area (Å²) in [6.07, 6.45) is 0. The van der Waals surface area contributed by atoms with E-state index in [1.807, 2.05) is 0 Å². The molecule has 0 bridgehead atoms. The molecule has 0 fully saturated rings. The normalized spacial score (nSPS) is 14.5. The summed E-state index contributed by atoms with van der Waals surface area (Å²) in [5.41, 5.74) is 1.28. The van der Waals surface area contributed by atoms with Gasteiger partial charge in [0, 0.05) is 0 Å². The number of aliphatic hydroxyl groups excluding tert-OH is 1. The van der Waals surface area contributed by atoms with Gasteiger partial charge in [0.25, 0.3) is 11.8 Å². The summed E-state index contributed by atoms with van der Waals surface area (Å²) in [5, 5.41) is 9.83. The minimum Gasteiger partial charge on any atom is -0.493 e. The van der Waals surface area contributed by atoms with Gasteiger partial charge in [0.15, 0.2) is 11.5 Å². The highest BCUT2D eigenvalue weighted by molar-refractivity contribution is 6.21. The molecule has 2 aromatic rings. The van der Waals surface area contributed by atoms with Gasteiger partial charge in [-0.3, -0.25) is 14.5 Å². The fourth-order valence-electron chi connectivity index (χ4n) is 2.89. The smallest absolute Gasteiger partial charge is 0.262 e. The number of methoxy groups -OCH3 is 2. The van der Waals surface area contributed by atoms with E-state index in [0.29, 0.717) is 28.2 Å². The lowest BCUT2D eigenvalue weighted by Gasteiger charge is -2.25. The second-order valence-electron chi connectivity index (χ2n) is 5.34. The van der Waals surface area contributed by atoms with Crippen LogP contribution < -0.4 is 9.47 Å². The number of amides is 2. The van der Waals surface area contributed by atoms with Crippen LogP contribution in [0.1, 0.15) is 32.3 Å². The van der Waals surface area contributed by atoms with Crippen LogP contribution in [0.25, 0.3) is 0 Å². The Morgan fingerprint density at radius 2 is 1.54 bits per heavy atom. The number of rotatable bonds is 5. The van der Waals surface area contributed by atoms with Gasteiger partial charge in [0.05, 0.1) is 38.0 Å². The van der Waals surface area contributed by atoms with E-state index in [2.05, 4.69) is 0 Å². The number of nitrogens with zero attached hydrogens (tertiary/aromatic N) is 1. The van der Waals surface area contributed by atoms with E-state index in [1.54, 1.807) is 42.5 Å². The zero-order chi connectivity index (χ0) is 17.3. The molecule has 0 aliphatic carbocycles. The molecule has 2 amide bonds. The van der Waals surface area contributed by atoms with E-state index in [0.717, 1.165) is 4.90 Å². The van der Waals surface area contributed by atoms with Gasteiger partial charge in [-0.05, 0) is 29.8 Å². The minimum atomic E-state index is -0.794. The Kier molecular flexibility index (Phi) is 4.22. The predicted octanol–water partition coefficient (Wildman–Crippen LogP) is 2.03.